The molecule has 0 bridgehead atoms. The van der Waals surface area contributed by atoms with Gasteiger partial charge in [0, 0.05) is 22.5 Å². The summed E-state index contributed by atoms with van der Waals surface area (Å²) in [5, 5.41) is 3.08. The van der Waals surface area contributed by atoms with E-state index in [-0.39, 0.29) is 11.5 Å². The van der Waals surface area contributed by atoms with Crippen molar-refractivity contribution in [2.75, 3.05) is 13.6 Å². The first-order valence-corrected chi connectivity index (χ1v) is 7.24. The van der Waals surface area contributed by atoms with Gasteiger partial charge in [-0.1, -0.05) is 34.1 Å². The first-order valence-electron chi connectivity index (χ1n) is 6.44. The van der Waals surface area contributed by atoms with Gasteiger partial charge in [-0.25, -0.2) is 8.78 Å². The van der Waals surface area contributed by atoms with Gasteiger partial charge in [0.05, 0.1) is 0 Å². The molecule has 106 valence electrons. The summed E-state index contributed by atoms with van der Waals surface area (Å²) in [6, 6.07) is 11.8. The zero-order chi connectivity index (χ0) is 14.5. The van der Waals surface area contributed by atoms with Crippen LogP contribution in [-0.4, -0.2) is 13.6 Å². The van der Waals surface area contributed by atoms with Crippen molar-refractivity contribution in [1.29, 1.82) is 0 Å². The molecule has 0 radical (unpaired) electrons. The highest BCUT2D eigenvalue weighted by Crippen LogP contribution is 2.25. The van der Waals surface area contributed by atoms with Crippen molar-refractivity contribution in [1.82, 2.24) is 5.32 Å². The van der Waals surface area contributed by atoms with Gasteiger partial charge in [-0.2, -0.15) is 0 Å². The van der Waals surface area contributed by atoms with Crippen LogP contribution in [0.2, 0.25) is 0 Å². The molecule has 0 saturated heterocycles. The van der Waals surface area contributed by atoms with Crippen LogP contribution < -0.4 is 5.32 Å². The van der Waals surface area contributed by atoms with Gasteiger partial charge in [-0.3, -0.25) is 0 Å². The molecule has 1 unspecified atom stereocenters. The minimum atomic E-state index is -0.483. The van der Waals surface area contributed by atoms with Crippen molar-refractivity contribution < 1.29 is 8.78 Å². The third-order valence-corrected chi connectivity index (χ3v) is 3.83. The number of benzene rings is 2. The monoisotopic (exact) mass is 339 g/mol. The van der Waals surface area contributed by atoms with Gasteiger partial charge in [0.2, 0.25) is 0 Å². The summed E-state index contributed by atoms with van der Waals surface area (Å²) in [5.41, 5.74) is 1.21. The second kappa shape index (κ2) is 6.95. The fourth-order valence-electron chi connectivity index (χ4n) is 2.26. The SMILES string of the molecule is CNCC(Cc1c(F)cccc1F)c1ccc(Br)cc1. The fraction of sp³-hybridized carbons (Fsp3) is 0.250. The quantitative estimate of drug-likeness (QED) is 0.857. The molecule has 1 N–H and O–H groups in total. The van der Waals surface area contributed by atoms with Crippen molar-refractivity contribution in [3.05, 3.63) is 69.7 Å². The van der Waals surface area contributed by atoms with Gasteiger partial charge in [0.25, 0.3) is 0 Å². The molecule has 2 aromatic carbocycles. The summed E-state index contributed by atoms with van der Waals surface area (Å²) < 4.78 is 28.5. The van der Waals surface area contributed by atoms with E-state index in [4.69, 9.17) is 0 Å². The van der Waals surface area contributed by atoms with E-state index in [9.17, 15) is 8.78 Å². The van der Waals surface area contributed by atoms with Crippen LogP contribution in [-0.2, 0) is 6.42 Å². The first-order chi connectivity index (χ1) is 9.61. The maximum absolute atomic E-state index is 13.8. The summed E-state index contributed by atoms with van der Waals surface area (Å²) in [5.74, 6) is -0.939. The molecule has 4 heteroatoms. The normalized spacial score (nSPS) is 12.4. The molecule has 0 aliphatic rings. The van der Waals surface area contributed by atoms with E-state index >= 15 is 0 Å². The summed E-state index contributed by atoms with van der Waals surface area (Å²) in [7, 11) is 1.84. The molecule has 0 aliphatic carbocycles. The van der Waals surface area contributed by atoms with Crippen molar-refractivity contribution in [2.45, 2.75) is 12.3 Å². The van der Waals surface area contributed by atoms with Crippen LogP contribution in [0, 0.1) is 11.6 Å². The number of hydrogen-bond acceptors (Lipinski definition) is 1. The lowest BCUT2D eigenvalue weighted by Crippen LogP contribution is -2.20. The van der Waals surface area contributed by atoms with Crippen molar-refractivity contribution in [2.24, 2.45) is 0 Å². The Morgan fingerprint density at radius 1 is 1.05 bits per heavy atom. The van der Waals surface area contributed by atoms with E-state index in [1.54, 1.807) is 0 Å². The molecule has 1 atom stereocenters. The largest absolute Gasteiger partial charge is 0.319 e. The number of rotatable bonds is 5. The number of likely N-dealkylation sites (N-methyl/N-ethyl adjacent to an activating group) is 1. The molecule has 0 heterocycles. The van der Waals surface area contributed by atoms with Gasteiger partial charge in [0.15, 0.2) is 0 Å². The standard InChI is InChI=1S/C16H16BrF2N/c1-20-10-12(11-5-7-13(17)8-6-11)9-14-15(18)3-2-4-16(14)19/h2-8,12,20H,9-10H2,1H3. The zero-order valence-electron chi connectivity index (χ0n) is 11.2. The number of nitrogens with one attached hydrogen (secondary N) is 1. The molecule has 0 aliphatic heterocycles. The fourth-order valence-corrected chi connectivity index (χ4v) is 2.53. The summed E-state index contributed by atoms with van der Waals surface area (Å²) >= 11 is 3.39. The van der Waals surface area contributed by atoms with Crippen LogP contribution in [0.4, 0.5) is 8.78 Å². The van der Waals surface area contributed by atoms with Crippen LogP contribution in [0.5, 0.6) is 0 Å². The lowest BCUT2D eigenvalue weighted by atomic mass is 9.91. The van der Waals surface area contributed by atoms with Crippen LogP contribution in [0.25, 0.3) is 0 Å². The zero-order valence-corrected chi connectivity index (χ0v) is 12.8. The third kappa shape index (κ3) is 3.64. The predicted octanol–water partition coefficient (Wildman–Crippen LogP) is 4.27. The minimum Gasteiger partial charge on any atom is -0.319 e. The molecule has 0 amide bonds. The Hall–Kier alpha value is -1.26. The molecule has 20 heavy (non-hydrogen) atoms. The summed E-state index contributed by atoms with van der Waals surface area (Å²) in [6.07, 6.45) is 0.334. The van der Waals surface area contributed by atoms with Gasteiger partial charge in [0.1, 0.15) is 11.6 Å². The van der Waals surface area contributed by atoms with E-state index in [2.05, 4.69) is 21.2 Å². The second-order valence-electron chi connectivity index (χ2n) is 4.71. The Morgan fingerprint density at radius 2 is 1.65 bits per heavy atom. The van der Waals surface area contributed by atoms with Gasteiger partial charge >= 0.3 is 0 Å². The predicted molar refractivity (Wildman–Crippen MR) is 80.9 cm³/mol. The lowest BCUT2D eigenvalue weighted by molar-refractivity contribution is 0.529. The Bertz CT molecular complexity index is 549. The van der Waals surface area contributed by atoms with Crippen LogP contribution >= 0.6 is 15.9 Å². The first kappa shape index (κ1) is 15.1. The maximum atomic E-state index is 13.8. The molecule has 0 aromatic heterocycles. The van der Waals surface area contributed by atoms with E-state index in [1.807, 2.05) is 31.3 Å². The van der Waals surface area contributed by atoms with E-state index in [1.165, 1.54) is 18.2 Å². The van der Waals surface area contributed by atoms with E-state index < -0.39 is 11.6 Å². The maximum Gasteiger partial charge on any atom is 0.129 e. The van der Waals surface area contributed by atoms with Crippen LogP contribution in [0.15, 0.2) is 46.9 Å². The second-order valence-corrected chi connectivity index (χ2v) is 5.63. The Morgan fingerprint density at radius 3 is 2.20 bits per heavy atom. The van der Waals surface area contributed by atoms with Gasteiger partial charge < -0.3 is 5.32 Å². The highest BCUT2D eigenvalue weighted by Gasteiger charge is 2.17. The van der Waals surface area contributed by atoms with Crippen LogP contribution in [0.3, 0.4) is 0 Å². The molecular weight excluding hydrogens is 324 g/mol. The molecule has 0 saturated carbocycles. The summed E-state index contributed by atoms with van der Waals surface area (Å²) in [6.45, 7) is 0.662. The van der Waals surface area contributed by atoms with Gasteiger partial charge in [-0.15, -0.1) is 0 Å². The van der Waals surface area contributed by atoms with E-state index in [0.29, 0.717) is 13.0 Å². The average Bonchev–Trinajstić information content (AvgIpc) is 2.43. The summed E-state index contributed by atoms with van der Waals surface area (Å²) in [4.78, 5) is 0. The van der Waals surface area contributed by atoms with E-state index in [0.717, 1.165) is 10.0 Å². The molecule has 2 rings (SSSR count). The van der Waals surface area contributed by atoms with Crippen molar-refractivity contribution >= 4 is 15.9 Å². The molecule has 1 nitrogen and oxygen atoms in total. The van der Waals surface area contributed by atoms with Crippen molar-refractivity contribution in [3.63, 3.8) is 0 Å². The highest BCUT2D eigenvalue weighted by molar-refractivity contribution is 9.10. The minimum absolute atomic E-state index is 0.0273. The topological polar surface area (TPSA) is 12.0 Å². The number of halogens is 3. The highest BCUT2D eigenvalue weighted by atomic mass is 79.9. The lowest BCUT2D eigenvalue weighted by Gasteiger charge is -2.18. The Labute approximate surface area is 126 Å². The van der Waals surface area contributed by atoms with Crippen LogP contribution in [0.1, 0.15) is 17.0 Å². The Kier molecular flexibility index (Phi) is 5.26. The Balaban J connectivity index is 2.28. The number of hydrogen-bond donors (Lipinski definition) is 1. The molecular formula is C16H16BrF2N. The van der Waals surface area contributed by atoms with Gasteiger partial charge in [-0.05, 0) is 43.3 Å². The third-order valence-electron chi connectivity index (χ3n) is 3.30. The average molecular weight is 340 g/mol. The van der Waals surface area contributed by atoms with Crippen molar-refractivity contribution in [3.8, 4) is 0 Å². The molecule has 0 spiro atoms. The molecule has 0 fully saturated rings. The smallest absolute Gasteiger partial charge is 0.129 e. The molecule has 2 aromatic rings.